The van der Waals surface area contributed by atoms with Crippen LogP contribution >= 0.6 is 0 Å². The minimum absolute atomic E-state index is 0.229. The number of methoxy groups -OCH3 is 1. The Labute approximate surface area is 101 Å². The first-order chi connectivity index (χ1) is 8.20. The monoisotopic (exact) mass is 235 g/mol. The predicted octanol–water partition coefficient (Wildman–Crippen LogP) is 1.44. The molecule has 1 aliphatic heterocycles. The van der Waals surface area contributed by atoms with Crippen molar-refractivity contribution in [3.8, 4) is 5.75 Å². The Morgan fingerprint density at radius 3 is 2.88 bits per heavy atom. The van der Waals surface area contributed by atoms with Crippen molar-refractivity contribution >= 4 is 5.97 Å². The summed E-state index contributed by atoms with van der Waals surface area (Å²) in [7, 11) is 1.65. The number of aliphatic carboxylic acids is 1. The molecule has 1 aromatic carbocycles. The van der Waals surface area contributed by atoms with Crippen molar-refractivity contribution in [3.63, 3.8) is 0 Å². The van der Waals surface area contributed by atoms with Gasteiger partial charge in [0.2, 0.25) is 0 Å². The number of hydrogen-bond donors (Lipinski definition) is 2. The average molecular weight is 235 g/mol. The highest BCUT2D eigenvalue weighted by Crippen LogP contribution is 2.23. The molecule has 1 aromatic rings. The molecule has 0 radical (unpaired) electrons. The van der Waals surface area contributed by atoms with Crippen LogP contribution in [0.3, 0.4) is 0 Å². The molecule has 4 nitrogen and oxygen atoms in total. The van der Waals surface area contributed by atoms with E-state index in [9.17, 15) is 4.79 Å². The van der Waals surface area contributed by atoms with Gasteiger partial charge in [0, 0.05) is 6.04 Å². The van der Waals surface area contributed by atoms with E-state index in [4.69, 9.17) is 9.84 Å². The lowest BCUT2D eigenvalue weighted by Crippen LogP contribution is -2.36. The Morgan fingerprint density at radius 1 is 1.47 bits per heavy atom. The van der Waals surface area contributed by atoms with Gasteiger partial charge in [-0.05, 0) is 30.9 Å². The number of ether oxygens (including phenoxy) is 1. The minimum atomic E-state index is -0.757. The van der Waals surface area contributed by atoms with Gasteiger partial charge in [0.15, 0.2) is 0 Å². The third-order valence-electron chi connectivity index (χ3n) is 3.20. The van der Waals surface area contributed by atoms with Crippen LogP contribution in [0.4, 0.5) is 0 Å². The quantitative estimate of drug-likeness (QED) is 0.829. The molecule has 4 heteroatoms. The van der Waals surface area contributed by atoms with E-state index in [1.54, 1.807) is 7.11 Å². The van der Waals surface area contributed by atoms with E-state index >= 15 is 0 Å². The Hall–Kier alpha value is -1.55. The second-order valence-electron chi connectivity index (χ2n) is 4.35. The molecule has 17 heavy (non-hydrogen) atoms. The van der Waals surface area contributed by atoms with Crippen LogP contribution in [0.5, 0.6) is 5.75 Å². The van der Waals surface area contributed by atoms with Crippen LogP contribution < -0.4 is 10.1 Å². The van der Waals surface area contributed by atoms with E-state index in [0.717, 1.165) is 24.2 Å². The molecule has 2 N–H and O–H groups in total. The van der Waals surface area contributed by atoms with Crippen molar-refractivity contribution in [2.75, 3.05) is 7.11 Å². The van der Waals surface area contributed by atoms with Crippen molar-refractivity contribution in [2.24, 2.45) is 0 Å². The maximum Gasteiger partial charge on any atom is 0.320 e. The van der Waals surface area contributed by atoms with Gasteiger partial charge in [-0.25, -0.2) is 0 Å². The minimum Gasteiger partial charge on any atom is -0.496 e. The van der Waals surface area contributed by atoms with Crippen molar-refractivity contribution in [3.05, 3.63) is 29.8 Å². The zero-order valence-corrected chi connectivity index (χ0v) is 9.85. The molecule has 1 heterocycles. The smallest absolute Gasteiger partial charge is 0.320 e. The van der Waals surface area contributed by atoms with Crippen LogP contribution in [0.25, 0.3) is 0 Å². The third-order valence-corrected chi connectivity index (χ3v) is 3.20. The number of benzene rings is 1. The summed E-state index contributed by atoms with van der Waals surface area (Å²) in [5.41, 5.74) is 1.12. The summed E-state index contributed by atoms with van der Waals surface area (Å²) in [6.45, 7) is 0. The van der Waals surface area contributed by atoms with Gasteiger partial charge in [-0.1, -0.05) is 18.2 Å². The highest BCUT2D eigenvalue weighted by molar-refractivity contribution is 5.73. The zero-order chi connectivity index (χ0) is 12.3. The first-order valence-corrected chi connectivity index (χ1v) is 5.81. The van der Waals surface area contributed by atoms with Crippen LogP contribution in [0.1, 0.15) is 18.4 Å². The Bertz CT molecular complexity index is 405. The lowest BCUT2D eigenvalue weighted by molar-refractivity contribution is -0.139. The molecule has 0 spiro atoms. The molecular weight excluding hydrogens is 218 g/mol. The van der Waals surface area contributed by atoms with Crippen LogP contribution in [-0.4, -0.2) is 30.3 Å². The molecule has 1 aliphatic rings. The molecule has 0 aliphatic carbocycles. The average Bonchev–Trinajstić information content (AvgIpc) is 2.78. The first kappa shape index (κ1) is 11.9. The normalized spacial score (nSPS) is 23.6. The summed E-state index contributed by atoms with van der Waals surface area (Å²) in [4.78, 5) is 10.8. The Balaban J connectivity index is 2.00. The van der Waals surface area contributed by atoms with Crippen LogP contribution in [0.15, 0.2) is 24.3 Å². The molecule has 2 rings (SSSR count). The van der Waals surface area contributed by atoms with Crippen molar-refractivity contribution < 1.29 is 14.6 Å². The topological polar surface area (TPSA) is 58.6 Å². The lowest BCUT2D eigenvalue weighted by Gasteiger charge is -2.14. The zero-order valence-electron chi connectivity index (χ0n) is 9.85. The number of nitrogens with one attached hydrogen (secondary N) is 1. The SMILES string of the molecule is COc1ccccc1CC1CCC(C(=O)O)N1. The molecular formula is C13H17NO3. The van der Waals surface area contributed by atoms with Gasteiger partial charge in [0.05, 0.1) is 7.11 Å². The second kappa shape index (κ2) is 5.19. The molecule has 2 atom stereocenters. The van der Waals surface area contributed by atoms with E-state index in [1.807, 2.05) is 24.3 Å². The summed E-state index contributed by atoms with van der Waals surface area (Å²) in [5, 5.41) is 12.0. The van der Waals surface area contributed by atoms with Gasteiger partial charge in [0.25, 0.3) is 0 Å². The van der Waals surface area contributed by atoms with E-state index in [-0.39, 0.29) is 6.04 Å². The molecule has 1 fully saturated rings. The fraction of sp³-hybridized carbons (Fsp3) is 0.462. The number of para-hydroxylation sites is 1. The van der Waals surface area contributed by atoms with Gasteiger partial charge < -0.3 is 15.2 Å². The van der Waals surface area contributed by atoms with Gasteiger partial charge in [-0.15, -0.1) is 0 Å². The van der Waals surface area contributed by atoms with Crippen molar-refractivity contribution in [1.29, 1.82) is 0 Å². The fourth-order valence-electron chi connectivity index (χ4n) is 2.31. The summed E-state index contributed by atoms with van der Waals surface area (Å²) in [5.74, 6) is 0.112. The van der Waals surface area contributed by atoms with Crippen LogP contribution in [0.2, 0.25) is 0 Å². The van der Waals surface area contributed by atoms with Gasteiger partial charge in [0.1, 0.15) is 11.8 Å². The van der Waals surface area contributed by atoms with Gasteiger partial charge in [-0.2, -0.15) is 0 Å². The molecule has 0 saturated carbocycles. The molecule has 1 saturated heterocycles. The maximum atomic E-state index is 10.8. The van der Waals surface area contributed by atoms with Crippen LogP contribution in [-0.2, 0) is 11.2 Å². The number of carboxylic acid groups (broad SMARTS) is 1. The molecule has 0 amide bonds. The number of carbonyl (C=O) groups is 1. The molecule has 0 bridgehead atoms. The highest BCUT2D eigenvalue weighted by Gasteiger charge is 2.28. The number of rotatable bonds is 4. The van der Waals surface area contributed by atoms with E-state index in [2.05, 4.69) is 5.32 Å². The van der Waals surface area contributed by atoms with Gasteiger partial charge >= 0.3 is 5.97 Å². The second-order valence-corrected chi connectivity index (χ2v) is 4.35. The number of carboxylic acids is 1. The molecule has 2 unspecified atom stereocenters. The van der Waals surface area contributed by atoms with Crippen molar-refractivity contribution in [2.45, 2.75) is 31.3 Å². The Morgan fingerprint density at radius 2 is 2.24 bits per heavy atom. The molecule has 92 valence electrons. The Kier molecular flexibility index (Phi) is 3.64. The lowest BCUT2D eigenvalue weighted by atomic mass is 10.0. The maximum absolute atomic E-state index is 10.8. The fourth-order valence-corrected chi connectivity index (χ4v) is 2.31. The van der Waals surface area contributed by atoms with E-state index < -0.39 is 12.0 Å². The summed E-state index contributed by atoms with van der Waals surface area (Å²) >= 11 is 0. The highest BCUT2D eigenvalue weighted by atomic mass is 16.5. The first-order valence-electron chi connectivity index (χ1n) is 5.81. The summed E-state index contributed by atoms with van der Waals surface area (Å²) in [6, 6.07) is 7.70. The van der Waals surface area contributed by atoms with Crippen LogP contribution in [0, 0.1) is 0 Å². The molecule has 0 aromatic heterocycles. The van der Waals surface area contributed by atoms with E-state index in [0.29, 0.717) is 6.42 Å². The van der Waals surface area contributed by atoms with Crippen molar-refractivity contribution in [1.82, 2.24) is 5.32 Å². The summed E-state index contributed by atoms with van der Waals surface area (Å²) < 4.78 is 5.29. The standard InChI is InChI=1S/C13H17NO3/c1-17-12-5-3-2-4-9(12)8-10-6-7-11(14-10)13(15)16/h2-5,10-11,14H,6-8H2,1H3,(H,15,16). The summed E-state index contributed by atoms with van der Waals surface area (Å²) in [6.07, 6.45) is 2.41. The number of hydrogen-bond acceptors (Lipinski definition) is 3. The van der Waals surface area contributed by atoms with Gasteiger partial charge in [-0.3, -0.25) is 4.79 Å². The largest absolute Gasteiger partial charge is 0.496 e. The third kappa shape index (κ3) is 2.77. The predicted molar refractivity (Wildman–Crippen MR) is 64.3 cm³/mol. The van der Waals surface area contributed by atoms with E-state index in [1.165, 1.54) is 0 Å².